The summed E-state index contributed by atoms with van der Waals surface area (Å²) in [6.07, 6.45) is 3.07. The van der Waals surface area contributed by atoms with E-state index >= 15 is 0 Å². The van der Waals surface area contributed by atoms with E-state index in [1.807, 2.05) is 6.26 Å². The molecular formula is C5H8OS2. The summed E-state index contributed by atoms with van der Waals surface area (Å²) in [6.45, 7) is 0. The molecule has 1 aliphatic heterocycles. The van der Waals surface area contributed by atoms with Crippen LogP contribution in [-0.4, -0.2) is 22.4 Å². The van der Waals surface area contributed by atoms with Crippen LogP contribution in [0.3, 0.4) is 0 Å². The van der Waals surface area contributed by atoms with Gasteiger partial charge in [-0.1, -0.05) is 11.8 Å². The highest BCUT2D eigenvalue weighted by molar-refractivity contribution is 8.16. The van der Waals surface area contributed by atoms with Gasteiger partial charge in [0.2, 0.25) is 5.12 Å². The average molecular weight is 148 g/mol. The van der Waals surface area contributed by atoms with E-state index in [9.17, 15) is 4.79 Å². The number of thioether (sulfide) groups is 2. The monoisotopic (exact) mass is 148 g/mol. The van der Waals surface area contributed by atoms with Gasteiger partial charge in [-0.2, -0.15) is 11.8 Å². The molecule has 3 heteroatoms. The minimum atomic E-state index is 0.306. The Hall–Kier alpha value is 0.370. The van der Waals surface area contributed by atoms with Crippen LogP contribution in [0.4, 0.5) is 0 Å². The van der Waals surface area contributed by atoms with Gasteiger partial charge in [-0.3, -0.25) is 4.79 Å². The summed E-state index contributed by atoms with van der Waals surface area (Å²) < 4.78 is 0. The van der Waals surface area contributed by atoms with Crippen molar-refractivity contribution in [3.05, 3.63) is 0 Å². The van der Waals surface area contributed by atoms with E-state index in [-0.39, 0.29) is 0 Å². The molecule has 0 bridgehead atoms. The van der Waals surface area contributed by atoms with Crippen molar-refractivity contribution in [2.75, 3.05) is 12.0 Å². The second kappa shape index (κ2) is 2.78. The van der Waals surface area contributed by atoms with Gasteiger partial charge in [-0.05, 0) is 12.7 Å². The fraction of sp³-hybridized carbons (Fsp3) is 0.800. The molecule has 1 fully saturated rings. The molecule has 0 aromatic rings. The second-order valence-corrected chi connectivity index (χ2v) is 3.82. The molecule has 0 aromatic carbocycles. The second-order valence-electron chi connectivity index (χ2n) is 1.68. The van der Waals surface area contributed by atoms with Gasteiger partial charge in [-0.25, -0.2) is 0 Å². The molecule has 1 rings (SSSR count). The Kier molecular flexibility index (Phi) is 2.26. The van der Waals surface area contributed by atoms with E-state index < -0.39 is 0 Å². The van der Waals surface area contributed by atoms with Gasteiger partial charge in [-0.15, -0.1) is 0 Å². The molecule has 8 heavy (non-hydrogen) atoms. The molecule has 0 radical (unpaired) electrons. The summed E-state index contributed by atoms with van der Waals surface area (Å²) >= 11 is 3.14. The summed E-state index contributed by atoms with van der Waals surface area (Å²) in [4.78, 5) is 10.7. The molecule has 1 nitrogen and oxygen atoms in total. The third-order valence-corrected chi connectivity index (χ3v) is 3.35. The zero-order valence-corrected chi connectivity index (χ0v) is 6.35. The molecule has 1 aliphatic rings. The predicted molar refractivity (Wildman–Crippen MR) is 39.4 cm³/mol. The lowest BCUT2D eigenvalue weighted by Gasteiger charge is -1.97. The van der Waals surface area contributed by atoms with Crippen LogP contribution >= 0.6 is 23.5 Å². The Morgan fingerprint density at radius 2 is 2.62 bits per heavy atom. The van der Waals surface area contributed by atoms with Crippen molar-refractivity contribution >= 4 is 28.6 Å². The van der Waals surface area contributed by atoms with Gasteiger partial charge in [0.1, 0.15) is 0 Å². The van der Waals surface area contributed by atoms with Crippen molar-refractivity contribution < 1.29 is 4.79 Å². The Morgan fingerprint density at radius 3 is 2.88 bits per heavy atom. The van der Waals surface area contributed by atoms with Gasteiger partial charge in [0, 0.05) is 5.75 Å². The third kappa shape index (κ3) is 1.20. The van der Waals surface area contributed by atoms with Crippen LogP contribution in [0.2, 0.25) is 0 Å². The highest BCUT2D eigenvalue weighted by Crippen LogP contribution is 2.27. The van der Waals surface area contributed by atoms with E-state index in [2.05, 4.69) is 0 Å². The van der Waals surface area contributed by atoms with Crippen molar-refractivity contribution in [2.45, 2.75) is 11.7 Å². The lowest BCUT2D eigenvalue weighted by Crippen LogP contribution is -2.04. The average Bonchev–Trinajstić information content (AvgIpc) is 2.14. The summed E-state index contributed by atoms with van der Waals surface area (Å²) in [5.74, 6) is 1.03. The SMILES string of the molecule is CS[C@H]1CCSC1=O. The van der Waals surface area contributed by atoms with Gasteiger partial charge in [0.05, 0.1) is 5.25 Å². The first-order chi connectivity index (χ1) is 3.84. The summed E-state index contributed by atoms with van der Waals surface area (Å²) in [5, 5.41) is 0.678. The molecule has 46 valence electrons. The summed E-state index contributed by atoms with van der Waals surface area (Å²) in [6, 6.07) is 0. The van der Waals surface area contributed by atoms with E-state index in [0.29, 0.717) is 10.4 Å². The van der Waals surface area contributed by atoms with E-state index in [1.54, 1.807) is 11.8 Å². The Labute approximate surface area is 57.6 Å². The molecule has 1 saturated heterocycles. The van der Waals surface area contributed by atoms with Gasteiger partial charge >= 0.3 is 0 Å². The molecular weight excluding hydrogens is 140 g/mol. The normalized spacial score (nSPS) is 29.1. The number of carbonyl (C=O) groups excluding carboxylic acids is 1. The van der Waals surface area contributed by atoms with Crippen molar-refractivity contribution in [1.82, 2.24) is 0 Å². The molecule has 0 unspecified atom stereocenters. The number of carbonyl (C=O) groups is 1. The molecule has 0 saturated carbocycles. The van der Waals surface area contributed by atoms with Crippen molar-refractivity contribution in [2.24, 2.45) is 0 Å². The van der Waals surface area contributed by atoms with Crippen LogP contribution in [0, 0.1) is 0 Å². The summed E-state index contributed by atoms with van der Waals surface area (Å²) in [5.41, 5.74) is 0. The lowest BCUT2D eigenvalue weighted by atomic mass is 10.4. The molecule has 0 N–H and O–H groups in total. The van der Waals surface area contributed by atoms with Crippen LogP contribution in [0.15, 0.2) is 0 Å². The Balaban J connectivity index is 2.42. The van der Waals surface area contributed by atoms with Crippen molar-refractivity contribution in [3.8, 4) is 0 Å². The minimum Gasteiger partial charge on any atom is -0.286 e. The first-order valence-corrected chi connectivity index (χ1v) is 4.81. The quantitative estimate of drug-likeness (QED) is 0.559. The van der Waals surface area contributed by atoms with Crippen LogP contribution in [0.1, 0.15) is 6.42 Å². The zero-order valence-electron chi connectivity index (χ0n) is 4.72. The largest absolute Gasteiger partial charge is 0.286 e. The fourth-order valence-corrected chi connectivity index (χ4v) is 2.74. The van der Waals surface area contributed by atoms with E-state index in [1.165, 1.54) is 11.8 Å². The zero-order chi connectivity index (χ0) is 5.98. The number of rotatable bonds is 1. The van der Waals surface area contributed by atoms with Crippen LogP contribution in [0.5, 0.6) is 0 Å². The van der Waals surface area contributed by atoms with E-state index in [4.69, 9.17) is 0 Å². The third-order valence-electron chi connectivity index (χ3n) is 1.17. The maximum Gasteiger partial charge on any atom is 0.201 e. The Bertz CT molecular complexity index is 103. The van der Waals surface area contributed by atoms with E-state index in [0.717, 1.165) is 12.2 Å². The highest BCUT2D eigenvalue weighted by atomic mass is 32.2. The predicted octanol–water partition coefficient (Wildman–Crippen LogP) is 1.38. The van der Waals surface area contributed by atoms with Gasteiger partial charge in [0.25, 0.3) is 0 Å². The van der Waals surface area contributed by atoms with Gasteiger partial charge in [0.15, 0.2) is 0 Å². The first-order valence-electron chi connectivity index (χ1n) is 2.54. The lowest BCUT2D eigenvalue weighted by molar-refractivity contribution is -0.110. The maximum absolute atomic E-state index is 10.7. The molecule has 1 atom stereocenters. The topological polar surface area (TPSA) is 17.1 Å². The van der Waals surface area contributed by atoms with Crippen LogP contribution in [-0.2, 0) is 4.79 Å². The molecule has 0 aromatic heterocycles. The van der Waals surface area contributed by atoms with Crippen molar-refractivity contribution in [3.63, 3.8) is 0 Å². The Morgan fingerprint density at radius 1 is 1.88 bits per heavy atom. The van der Waals surface area contributed by atoms with Gasteiger partial charge < -0.3 is 0 Å². The van der Waals surface area contributed by atoms with Crippen molar-refractivity contribution in [1.29, 1.82) is 0 Å². The number of hydrogen-bond donors (Lipinski definition) is 0. The molecule has 1 heterocycles. The maximum atomic E-state index is 10.7. The number of hydrogen-bond acceptors (Lipinski definition) is 3. The minimum absolute atomic E-state index is 0.306. The standard InChI is InChI=1S/C5H8OS2/c1-7-4-2-3-8-5(4)6/h4H,2-3H2,1H3/t4-/m0/s1. The summed E-state index contributed by atoms with van der Waals surface area (Å²) in [7, 11) is 0. The fourth-order valence-electron chi connectivity index (χ4n) is 0.691. The highest BCUT2D eigenvalue weighted by Gasteiger charge is 2.23. The first kappa shape index (κ1) is 6.49. The smallest absolute Gasteiger partial charge is 0.201 e. The molecule has 0 aliphatic carbocycles. The van der Waals surface area contributed by atoms with Crippen LogP contribution < -0.4 is 0 Å². The molecule has 0 amide bonds. The van der Waals surface area contributed by atoms with Crippen LogP contribution in [0.25, 0.3) is 0 Å². The molecule has 0 spiro atoms.